The third kappa shape index (κ3) is 1.79. The van der Waals surface area contributed by atoms with Crippen molar-refractivity contribution in [2.45, 2.75) is 6.42 Å². The maximum absolute atomic E-state index is 5.34. The van der Waals surface area contributed by atoms with Crippen molar-refractivity contribution in [2.75, 3.05) is 13.9 Å². The molecule has 0 atom stereocenters. The van der Waals surface area contributed by atoms with Crippen LogP contribution in [0.3, 0.4) is 0 Å². The first-order chi connectivity index (χ1) is 7.81. The molecule has 0 spiro atoms. The predicted molar refractivity (Wildman–Crippen MR) is 67.7 cm³/mol. The molecule has 1 aromatic rings. The smallest absolute Gasteiger partial charge is 0.231 e. The van der Waals surface area contributed by atoms with Crippen LogP contribution in [0.1, 0.15) is 5.56 Å². The van der Waals surface area contributed by atoms with E-state index in [1.54, 1.807) is 36.2 Å². The zero-order valence-corrected chi connectivity index (χ0v) is 10.9. The molecule has 4 nitrogen and oxygen atoms in total. The van der Waals surface area contributed by atoms with Gasteiger partial charge in [0.05, 0.1) is 7.11 Å². The van der Waals surface area contributed by atoms with Gasteiger partial charge in [-0.15, -0.1) is 6.58 Å². The molecule has 0 saturated heterocycles. The lowest BCUT2D eigenvalue weighted by Crippen LogP contribution is -1.95. The summed E-state index contributed by atoms with van der Waals surface area (Å²) in [5, 5.41) is 0. The fourth-order valence-corrected chi connectivity index (χ4v) is 2.05. The van der Waals surface area contributed by atoms with Crippen molar-refractivity contribution in [2.24, 2.45) is 0 Å². The SMILES string of the molecule is C=CCc1cc2c(c(OI)c1OC)OCO2. The molecule has 0 bridgehead atoms. The molecule has 0 radical (unpaired) electrons. The molecule has 0 aromatic heterocycles. The van der Waals surface area contributed by atoms with Crippen molar-refractivity contribution in [3.8, 4) is 23.0 Å². The van der Waals surface area contributed by atoms with Gasteiger partial charge in [0.25, 0.3) is 0 Å². The Hall–Kier alpha value is -1.11. The Morgan fingerprint density at radius 3 is 2.94 bits per heavy atom. The predicted octanol–water partition coefficient (Wildman–Crippen LogP) is 2.88. The van der Waals surface area contributed by atoms with Crippen molar-refractivity contribution in [1.29, 1.82) is 0 Å². The van der Waals surface area contributed by atoms with Gasteiger partial charge in [-0.3, -0.25) is 0 Å². The highest BCUT2D eigenvalue weighted by molar-refractivity contribution is 14.1. The first kappa shape index (κ1) is 11.4. The number of halogens is 1. The second-order valence-corrected chi connectivity index (χ2v) is 3.64. The lowest BCUT2D eigenvalue weighted by Gasteiger charge is -2.12. The normalized spacial score (nSPS) is 12.4. The van der Waals surface area contributed by atoms with Crippen LogP contribution in [0.4, 0.5) is 0 Å². The van der Waals surface area contributed by atoms with E-state index in [0.717, 1.165) is 5.56 Å². The first-order valence-corrected chi connectivity index (χ1v) is 5.58. The van der Waals surface area contributed by atoms with E-state index in [2.05, 4.69) is 6.58 Å². The summed E-state index contributed by atoms with van der Waals surface area (Å²) in [5.41, 5.74) is 0.966. The Labute approximate surface area is 108 Å². The van der Waals surface area contributed by atoms with Crippen LogP contribution in [0.2, 0.25) is 0 Å². The maximum atomic E-state index is 5.34. The van der Waals surface area contributed by atoms with Crippen LogP contribution in [0.15, 0.2) is 18.7 Å². The topological polar surface area (TPSA) is 36.9 Å². The number of rotatable bonds is 4. The average Bonchev–Trinajstić information content (AvgIpc) is 2.75. The molecule has 16 heavy (non-hydrogen) atoms. The minimum Gasteiger partial charge on any atom is -0.492 e. The van der Waals surface area contributed by atoms with Crippen molar-refractivity contribution in [3.63, 3.8) is 0 Å². The van der Waals surface area contributed by atoms with Gasteiger partial charge < -0.3 is 17.3 Å². The summed E-state index contributed by atoms with van der Waals surface area (Å²) in [6.45, 7) is 3.92. The standard InChI is InChI=1S/C11H11IO4/c1-3-4-7-5-8-10(15-6-14-8)11(16-12)9(7)13-2/h3,5H,1,4,6H2,2H3. The third-order valence-corrected chi connectivity index (χ3v) is 2.74. The quantitative estimate of drug-likeness (QED) is 0.627. The number of methoxy groups -OCH3 is 1. The number of hydrogen-bond donors (Lipinski definition) is 0. The Kier molecular flexibility index (Phi) is 3.42. The second kappa shape index (κ2) is 4.82. The molecule has 0 aliphatic carbocycles. The van der Waals surface area contributed by atoms with E-state index < -0.39 is 0 Å². The molecule has 1 heterocycles. The van der Waals surface area contributed by atoms with Gasteiger partial charge in [-0.2, -0.15) is 0 Å². The van der Waals surface area contributed by atoms with E-state index >= 15 is 0 Å². The van der Waals surface area contributed by atoms with E-state index in [1.807, 2.05) is 6.07 Å². The van der Waals surface area contributed by atoms with Crippen molar-refractivity contribution >= 4 is 23.0 Å². The Morgan fingerprint density at radius 1 is 1.50 bits per heavy atom. The highest BCUT2D eigenvalue weighted by Crippen LogP contribution is 2.49. The molecule has 5 heteroatoms. The molecule has 0 saturated carbocycles. The average molecular weight is 334 g/mol. The monoisotopic (exact) mass is 334 g/mol. The van der Waals surface area contributed by atoms with Crippen molar-refractivity contribution in [1.82, 2.24) is 0 Å². The van der Waals surface area contributed by atoms with Gasteiger partial charge in [0, 0.05) is 5.56 Å². The molecule has 86 valence electrons. The van der Waals surface area contributed by atoms with Gasteiger partial charge in [-0.05, 0) is 12.5 Å². The summed E-state index contributed by atoms with van der Waals surface area (Å²) in [6.07, 6.45) is 2.49. The van der Waals surface area contributed by atoms with Gasteiger partial charge in [-0.1, -0.05) is 6.08 Å². The van der Waals surface area contributed by atoms with E-state index in [0.29, 0.717) is 29.4 Å². The summed E-state index contributed by atoms with van der Waals surface area (Å²) in [5.74, 6) is 2.51. The number of hydrogen-bond acceptors (Lipinski definition) is 4. The zero-order valence-electron chi connectivity index (χ0n) is 8.79. The molecular formula is C11H11IO4. The largest absolute Gasteiger partial charge is 0.492 e. The minimum atomic E-state index is 0.211. The third-order valence-electron chi connectivity index (χ3n) is 2.30. The van der Waals surface area contributed by atoms with Gasteiger partial charge in [0.1, 0.15) is 0 Å². The highest BCUT2D eigenvalue weighted by atomic mass is 127. The molecule has 2 rings (SSSR count). The van der Waals surface area contributed by atoms with Crippen LogP contribution in [0.5, 0.6) is 23.0 Å². The van der Waals surface area contributed by atoms with E-state index in [9.17, 15) is 0 Å². The van der Waals surface area contributed by atoms with E-state index in [1.165, 1.54) is 0 Å². The van der Waals surface area contributed by atoms with E-state index in [-0.39, 0.29) is 6.79 Å². The van der Waals surface area contributed by atoms with Crippen LogP contribution < -0.4 is 17.3 Å². The molecule has 1 aliphatic rings. The molecule has 0 N–H and O–H groups in total. The second-order valence-electron chi connectivity index (χ2n) is 3.20. The van der Waals surface area contributed by atoms with Gasteiger partial charge >= 0.3 is 0 Å². The molecule has 1 aromatic carbocycles. The summed E-state index contributed by atoms with van der Waals surface area (Å²) in [6, 6.07) is 1.89. The molecule has 1 aliphatic heterocycles. The number of ether oxygens (including phenoxy) is 3. The minimum absolute atomic E-state index is 0.211. The van der Waals surface area contributed by atoms with Gasteiger partial charge in [0.2, 0.25) is 18.3 Å². The Morgan fingerprint density at radius 2 is 2.31 bits per heavy atom. The van der Waals surface area contributed by atoms with Crippen LogP contribution in [-0.4, -0.2) is 13.9 Å². The lowest BCUT2D eigenvalue weighted by molar-refractivity contribution is 0.172. The van der Waals surface area contributed by atoms with Gasteiger partial charge in [0.15, 0.2) is 34.5 Å². The molecule has 0 fully saturated rings. The van der Waals surface area contributed by atoms with Crippen molar-refractivity contribution < 1.29 is 17.3 Å². The summed E-state index contributed by atoms with van der Waals surface area (Å²) in [4.78, 5) is 0. The van der Waals surface area contributed by atoms with Crippen LogP contribution >= 0.6 is 23.0 Å². The van der Waals surface area contributed by atoms with Crippen LogP contribution in [0, 0.1) is 0 Å². The fourth-order valence-electron chi connectivity index (χ4n) is 1.65. The zero-order chi connectivity index (χ0) is 11.5. The Bertz CT molecular complexity index is 417. The number of allylic oxidation sites excluding steroid dienone is 1. The summed E-state index contributed by atoms with van der Waals surface area (Å²) in [7, 11) is 1.60. The first-order valence-electron chi connectivity index (χ1n) is 4.70. The van der Waals surface area contributed by atoms with Crippen molar-refractivity contribution in [3.05, 3.63) is 24.3 Å². The molecule has 0 amide bonds. The highest BCUT2D eigenvalue weighted by Gasteiger charge is 2.25. The lowest BCUT2D eigenvalue weighted by atomic mass is 10.1. The van der Waals surface area contributed by atoms with Crippen LogP contribution in [0.25, 0.3) is 0 Å². The molecule has 0 unspecified atom stereocenters. The fraction of sp³-hybridized carbons (Fsp3) is 0.273. The van der Waals surface area contributed by atoms with Crippen LogP contribution in [-0.2, 0) is 6.42 Å². The summed E-state index contributed by atoms with van der Waals surface area (Å²) >= 11 is 1.80. The van der Waals surface area contributed by atoms with E-state index in [4.69, 9.17) is 17.3 Å². The van der Waals surface area contributed by atoms with Gasteiger partial charge in [-0.25, -0.2) is 0 Å². The summed E-state index contributed by atoms with van der Waals surface area (Å²) < 4.78 is 21.3. The molecular weight excluding hydrogens is 323 g/mol. The Balaban J connectivity index is 2.58. The number of fused-ring (bicyclic) bond motifs is 1. The number of benzene rings is 1. The maximum Gasteiger partial charge on any atom is 0.231 e.